The second-order valence-electron chi connectivity index (χ2n) is 5.65. The Labute approximate surface area is 136 Å². The van der Waals surface area contributed by atoms with Crippen LogP contribution < -0.4 is 5.32 Å². The Balaban J connectivity index is 1.65. The van der Waals surface area contributed by atoms with Gasteiger partial charge in [0, 0.05) is 25.5 Å². The van der Waals surface area contributed by atoms with Crippen molar-refractivity contribution in [2.45, 2.75) is 32.2 Å². The molecule has 0 aromatic carbocycles. The first kappa shape index (κ1) is 15.4. The molecule has 2 aromatic rings. The predicted molar refractivity (Wildman–Crippen MR) is 88.0 cm³/mol. The summed E-state index contributed by atoms with van der Waals surface area (Å²) < 4.78 is 0. The van der Waals surface area contributed by atoms with Crippen LogP contribution in [-0.4, -0.2) is 38.8 Å². The summed E-state index contributed by atoms with van der Waals surface area (Å²) in [4.78, 5) is 27.2. The molecule has 0 bridgehead atoms. The van der Waals surface area contributed by atoms with E-state index in [0.717, 1.165) is 31.6 Å². The third kappa shape index (κ3) is 4.25. The van der Waals surface area contributed by atoms with Crippen LogP contribution in [0, 0.1) is 0 Å². The fraction of sp³-hybridized carbons (Fsp3) is 0.412. The molecule has 6 nitrogen and oxygen atoms in total. The second-order valence-corrected chi connectivity index (χ2v) is 5.65. The number of carbonyl (C=O) groups is 1. The molecule has 0 aliphatic carbocycles. The number of anilines is 1. The van der Waals surface area contributed by atoms with E-state index in [9.17, 15) is 4.79 Å². The highest BCUT2D eigenvalue weighted by Gasteiger charge is 2.18. The summed E-state index contributed by atoms with van der Waals surface area (Å²) >= 11 is 0. The van der Waals surface area contributed by atoms with Gasteiger partial charge < -0.3 is 10.2 Å². The van der Waals surface area contributed by atoms with Crippen molar-refractivity contribution >= 4 is 11.9 Å². The molecule has 2 aromatic heterocycles. The lowest BCUT2D eigenvalue weighted by atomic mass is 10.2. The molecular formula is C17H21N5O. The van der Waals surface area contributed by atoms with Gasteiger partial charge in [0.25, 0.3) is 5.91 Å². The Morgan fingerprint density at radius 2 is 1.87 bits per heavy atom. The maximum absolute atomic E-state index is 12.6. The van der Waals surface area contributed by atoms with E-state index in [0.29, 0.717) is 18.2 Å². The minimum atomic E-state index is -0.00446. The average molecular weight is 311 g/mol. The van der Waals surface area contributed by atoms with Crippen LogP contribution in [-0.2, 0) is 6.54 Å². The molecular weight excluding hydrogens is 290 g/mol. The number of amides is 1. The highest BCUT2D eigenvalue weighted by Crippen LogP contribution is 2.13. The van der Waals surface area contributed by atoms with Crippen molar-refractivity contribution in [3.05, 3.63) is 48.0 Å². The maximum Gasteiger partial charge on any atom is 0.272 e. The molecule has 1 aliphatic heterocycles. The van der Waals surface area contributed by atoms with Crippen molar-refractivity contribution in [1.29, 1.82) is 0 Å². The molecule has 6 heteroatoms. The highest BCUT2D eigenvalue weighted by atomic mass is 16.2. The first-order valence-electron chi connectivity index (χ1n) is 8.09. The van der Waals surface area contributed by atoms with Crippen molar-refractivity contribution < 1.29 is 4.79 Å². The quantitative estimate of drug-likeness (QED) is 0.939. The minimum Gasteiger partial charge on any atom is -0.349 e. The molecule has 120 valence electrons. The van der Waals surface area contributed by atoms with Crippen LogP contribution in [0.1, 0.15) is 41.9 Å². The number of pyridine rings is 1. The standard InChI is InChI=1S/C17H21N5O/c23-16(22-11-5-1-2-6-12-22)15-8-10-19-17(21-15)20-13-14-7-3-4-9-18-14/h3-4,7-10H,1-2,5-6,11-13H2,(H,19,20,21). The van der Waals surface area contributed by atoms with Gasteiger partial charge in [-0.1, -0.05) is 18.9 Å². The summed E-state index contributed by atoms with van der Waals surface area (Å²) in [5.74, 6) is 0.450. The van der Waals surface area contributed by atoms with E-state index in [4.69, 9.17) is 0 Å². The average Bonchev–Trinajstić information content (AvgIpc) is 2.90. The van der Waals surface area contributed by atoms with Gasteiger partial charge in [0.15, 0.2) is 0 Å². The van der Waals surface area contributed by atoms with E-state index in [1.54, 1.807) is 18.5 Å². The fourth-order valence-corrected chi connectivity index (χ4v) is 2.67. The lowest BCUT2D eigenvalue weighted by Gasteiger charge is -2.19. The summed E-state index contributed by atoms with van der Waals surface area (Å²) in [5.41, 5.74) is 1.35. The van der Waals surface area contributed by atoms with Crippen LogP contribution in [0.5, 0.6) is 0 Å². The molecule has 23 heavy (non-hydrogen) atoms. The number of nitrogens with zero attached hydrogens (tertiary/aromatic N) is 4. The van der Waals surface area contributed by atoms with Crippen molar-refractivity contribution in [2.75, 3.05) is 18.4 Å². The van der Waals surface area contributed by atoms with Gasteiger partial charge in [0.1, 0.15) is 5.69 Å². The minimum absolute atomic E-state index is 0.00446. The van der Waals surface area contributed by atoms with Gasteiger partial charge in [-0.2, -0.15) is 0 Å². The molecule has 1 saturated heterocycles. The first-order valence-corrected chi connectivity index (χ1v) is 8.09. The van der Waals surface area contributed by atoms with Gasteiger partial charge in [-0.05, 0) is 31.0 Å². The largest absolute Gasteiger partial charge is 0.349 e. The van der Waals surface area contributed by atoms with Crippen molar-refractivity contribution in [3.63, 3.8) is 0 Å². The number of nitrogens with one attached hydrogen (secondary N) is 1. The number of hydrogen-bond acceptors (Lipinski definition) is 5. The zero-order valence-electron chi connectivity index (χ0n) is 13.1. The number of likely N-dealkylation sites (tertiary alicyclic amines) is 1. The van der Waals surface area contributed by atoms with E-state index < -0.39 is 0 Å². The van der Waals surface area contributed by atoms with Crippen LogP contribution in [0.15, 0.2) is 36.7 Å². The predicted octanol–water partition coefficient (Wildman–Crippen LogP) is 2.50. The molecule has 1 N–H and O–H groups in total. The molecule has 0 spiro atoms. The van der Waals surface area contributed by atoms with Gasteiger partial charge in [-0.3, -0.25) is 9.78 Å². The van der Waals surface area contributed by atoms with E-state index in [-0.39, 0.29) is 5.91 Å². The Bertz CT molecular complexity index is 638. The molecule has 0 unspecified atom stereocenters. The third-order valence-electron chi connectivity index (χ3n) is 3.92. The molecule has 0 radical (unpaired) electrons. The second kappa shape index (κ2) is 7.67. The molecule has 1 amide bonds. The van der Waals surface area contributed by atoms with Gasteiger partial charge >= 0.3 is 0 Å². The summed E-state index contributed by atoms with van der Waals surface area (Å²) in [6.07, 6.45) is 7.91. The lowest BCUT2D eigenvalue weighted by molar-refractivity contribution is 0.0755. The monoisotopic (exact) mass is 311 g/mol. The Kier molecular flexibility index (Phi) is 5.13. The SMILES string of the molecule is O=C(c1ccnc(NCc2ccccn2)n1)N1CCCCCC1. The van der Waals surface area contributed by atoms with E-state index >= 15 is 0 Å². The fourth-order valence-electron chi connectivity index (χ4n) is 2.67. The molecule has 1 fully saturated rings. The molecule has 3 heterocycles. The number of carbonyl (C=O) groups excluding carboxylic acids is 1. The number of hydrogen-bond donors (Lipinski definition) is 1. The third-order valence-corrected chi connectivity index (χ3v) is 3.92. The zero-order chi connectivity index (χ0) is 15.9. The number of rotatable bonds is 4. The Morgan fingerprint density at radius 1 is 1.04 bits per heavy atom. The lowest BCUT2D eigenvalue weighted by Crippen LogP contribution is -2.32. The van der Waals surface area contributed by atoms with Crippen LogP contribution in [0.4, 0.5) is 5.95 Å². The topological polar surface area (TPSA) is 71.0 Å². The Hall–Kier alpha value is -2.50. The van der Waals surface area contributed by atoms with Gasteiger partial charge in [0.2, 0.25) is 5.95 Å². The summed E-state index contributed by atoms with van der Waals surface area (Å²) in [5, 5.41) is 3.12. The normalized spacial score (nSPS) is 15.0. The molecule has 3 rings (SSSR count). The summed E-state index contributed by atoms with van der Waals surface area (Å²) in [7, 11) is 0. The van der Waals surface area contributed by atoms with E-state index in [2.05, 4.69) is 20.3 Å². The smallest absolute Gasteiger partial charge is 0.272 e. The van der Waals surface area contributed by atoms with E-state index in [1.165, 1.54) is 12.8 Å². The highest BCUT2D eigenvalue weighted by molar-refractivity contribution is 5.92. The zero-order valence-corrected chi connectivity index (χ0v) is 13.1. The molecule has 1 aliphatic rings. The summed E-state index contributed by atoms with van der Waals surface area (Å²) in [6.45, 7) is 2.17. The van der Waals surface area contributed by atoms with E-state index in [1.807, 2.05) is 23.1 Å². The van der Waals surface area contributed by atoms with Crippen molar-refractivity contribution in [1.82, 2.24) is 19.9 Å². The van der Waals surface area contributed by atoms with Gasteiger partial charge in [-0.25, -0.2) is 9.97 Å². The van der Waals surface area contributed by atoms with Crippen LogP contribution in [0.3, 0.4) is 0 Å². The van der Waals surface area contributed by atoms with Crippen LogP contribution in [0.25, 0.3) is 0 Å². The maximum atomic E-state index is 12.6. The number of aromatic nitrogens is 3. The van der Waals surface area contributed by atoms with Crippen LogP contribution >= 0.6 is 0 Å². The van der Waals surface area contributed by atoms with Gasteiger partial charge in [0.05, 0.1) is 12.2 Å². The molecule has 0 saturated carbocycles. The summed E-state index contributed by atoms with van der Waals surface area (Å²) in [6, 6.07) is 7.42. The van der Waals surface area contributed by atoms with Gasteiger partial charge in [-0.15, -0.1) is 0 Å². The van der Waals surface area contributed by atoms with Crippen molar-refractivity contribution in [3.8, 4) is 0 Å². The van der Waals surface area contributed by atoms with Crippen LogP contribution in [0.2, 0.25) is 0 Å². The van der Waals surface area contributed by atoms with Crippen molar-refractivity contribution in [2.24, 2.45) is 0 Å². The molecule has 0 atom stereocenters. The Morgan fingerprint density at radius 3 is 2.61 bits per heavy atom. The first-order chi connectivity index (χ1) is 11.3.